The van der Waals surface area contributed by atoms with E-state index in [4.69, 9.17) is 9.73 Å². The molecule has 0 amide bonds. The lowest BCUT2D eigenvalue weighted by molar-refractivity contribution is 0.414. The quantitative estimate of drug-likeness (QED) is 0.168. The molecule has 10 heteroatoms. The van der Waals surface area contributed by atoms with Crippen molar-refractivity contribution in [3.63, 3.8) is 0 Å². The third-order valence-corrected chi connectivity index (χ3v) is 5.59. The van der Waals surface area contributed by atoms with Gasteiger partial charge in [0, 0.05) is 30.7 Å². The van der Waals surface area contributed by atoms with E-state index in [1.165, 1.54) is 6.07 Å². The first-order chi connectivity index (χ1) is 16.0. The van der Waals surface area contributed by atoms with Crippen LogP contribution in [-0.2, 0) is 26.6 Å². The molecule has 0 saturated carbocycles. The van der Waals surface area contributed by atoms with Crippen molar-refractivity contribution in [1.29, 1.82) is 0 Å². The third kappa shape index (κ3) is 6.25. The Kier molecular flexibility index (Phi) is 8.85. The Bertz CT molecular complexity index is 1250. The molecule has 0 fully saturated rings. The largest absolute Gasteiger partial charge is 0.497 e. The summed E-state index contributed by atoms with van der Waals surface area (Å²) in [7, 11) is 3.58. The van der Waals surface area contributed by atoms with E-state index in [1.54, 1.807) is 19.2 Å². The lowest BCUT2D eigenvalue weighted by Gasteiger charge is -2.13. The fourth-order valence-corrected chi connectivity index (χ4v) is 3.52. The van der Waals surface area contributed by atoms with Gasteiger partial charge in [-0.15, -0.1) is 34.2 Å². The number of methoxy groups -OCH3 is 1. The number of aromatic nitrogens is 4. The summed E-state index contributed by atoms with van der Waals surface area (Å²) >= 11 is 0. The number of guanidine groups is 1. The van der Waals surface area contributed by atoms with Crippen LogP contribution in [0.1, 0.15) is 22.8 Å². The number of aliphatic imine (C=N–C) groups is 1. The minimum absolute atomic E-state index is 0. The molecule has 0 aliphatic carbocycles. The number of ether oxygens (including phenoxy) is 1. The van der Waals surface area contributed by atoms with Crippen LogP contribution in [-0.4, -0.2) is 39.4 Å². The minimum Gasteiger partial charge on any atom is -0.497 e. The number of nitrogens with zero attached hydrogens (tertiary/aromatic N) is 4. The smallest absolute Gasteiger partial charge is 0.191 e. The number of fused-ring (bicyclic) bond motifs is 1. The van der Waals surface area contributed by atoms with Crippen molar-refractivity contribution in [3.8, 4) is 5.75 Å². The van der Waals surface area contributed by atoms with Crippen LogP contribution >= 0.6 is 24.0 Å². The van der Waals surface area contributed by atoms with Crippen LogP contribution in [0.3, 0.4) is 0 Å². The number of benzene rings is 2. The van der Waals surface area contributed by atoms with E-state index in [9.17, 15) is 4.39 Å². The van der Waals surface area contributed by atoms with E-state index in [1.807, 2.05) is 49.0 Å². The first-order valence-corrected chi connectivity index (χ1v) is 10.8. The van der Waals surface area contributed by atoms with E-state index in [-0.39, 0.29) is 29.8 Å². The fraction of sp³-hybridized carbons (Fsp3) is 0.292. The molecule has 4 aromatic rings. The average Bonchev–Trinajstić information content (AvgIpc) is 3.38. The molecule has 0 atom stereocenters. The summed E-state index contributed by atoms with van der Waals surface area (Å²) in [6.45, 7) is 3.55. The molecule has 180 valence electrons. The number of H-pyrrole nitrogens is 1. The third-order valence-electron chi connectivity index (χ3n) is 5.59. The first kappa shape index (κ1) is 25.5. The van der Waals surface area contributed by atoms with Gasteiger partial charge >= 0.3 is 0 Å². The molecule has 34 heavy (non-hydrogen) atoms. The Labute approximate surface area is 215 Å². The minimum atomic E-state index is -0.237. The van der Waals surface area contributed by atoms with Gasteiger partial charge in [-0.1, -0.05) is 12.1 Å². The molecule has 2 aromatic carbocycles. The highest BCUT2D eigenvalue weighted by Gasteiger charge is 2.08. The van der Waals surface area contributed by atoms with E-state index in [0.29, 0.717) is 25.6 Å². The Morgan fingerprint density at radius 2 is 1.94 bits per heavy atom. The van der Waals surface area contributed by atoms with Gasteiger partial charge in [-0.05, 0) is 54.8 Å². The molecular weight excluding hydrogens is 548 g/mol. The zero-order chi connectivity index (χ0) is 23.2. The number of aromatic amines is 1. The zero-order valence-corrected chi connectivity index (χ0v) is 21.8. The van der Waals surface area contributed by atoms with Crippen molar-refractivity contribution < 1.29 is 9.13 Å². The maximum absolute atomic E-state index is 13.7. The summed E-state index contributed by atoms with van der Waals surface area (Å²) in [6.07, 6.45) is 2.64. The standard InChI is InChI=1S/C24H28FN7O.HI/c1-16-30-31-23(32(16)2)15-29-24(28-13-17-4-7-20(33-3)8-5-17)26-11-10-18-14-27-22-9-6-19(25)12-21(18)22;/h4-9,12,14,27H,10-11,13,15H2,1-3H3,(H2,26,28,29);1H. The van der Waals surface area contributed by atoms with E-state index >= 15 is 0 Å². The van der Waals surface area contributed by atoms with Gasteiger partial charge in [-0.2, -0.15) is 0 Å². The molecule has 0 spiro atoms. The van der Waals surface area contributed by atoms with Crippen molar-refractivity contribution in [2.75, 3.05) is 13.7 Å². The number of aryl methyl sites for hydroxylation is 1. The van der Waals surface area contributed by atoms with Gasteiger partial charge < -0.3 is 24.9 Å². The second kappa shape index (κ2) is 11.8. The molecule has 0 saturated heterocycles. The highest BCUT2D eigenvalue weighted by atomic mass is 127. The first-order valence-electron chi connectivity index (χ1n) is 10.8. The highest BCUT2D eigenvalue weighted by molar-refractivity contribution is 14.0. The molecule has 0 bridgehead atoms. The maximum Gasteiger partial charge on any atom is 0.191 e. The summed E-state index contributed by atoms with van der Waals surface area (Å²) in [6, 6.07) is 12.6. The molecular formula is C24H29FIN7O. The van der Waals surface area contributed by atoms with Gasteiger partial charge in [0.2, 0.25) is 0 Å². The SMILES string of the molecule is COc1ccc(CN=C(NCCc2c[nH]c3ccc(F)cc23)NCc2nnc(C)n2C)cc1.I. The van der Waals surface area contributed by atoms with E-state index in [2.05, 4.69) is 25.8 Å². The van der Waals surface area contributed by atoms with Crippen LogP contribution in [0.4, 0.5) is 4.39 Å². The molecule has 0 radical (unpaired) electrons. The van der Waals surface area contributed by atoms with Crippen molar-refractivity contribution >= 4 is 40.8 Å². The number of rotatable bonds is 8. The maximum atomic E-state index is 13.7. The summed E-state index contributed by atoms with van der Waals surface area (Å²) in [5.41, 5.74) is 3.05. The molecule has 4 rings (SSSR count). The second-order valence-corrected chi connectivity index (χ2v) is 7.77. The predicted molar refractivity (Wildman–Crippen MR) is 142 cm³/mol. The fourth-order valence-electron chi connectivity index (χ4n) is 3.52. The highest BCUT2D eigenvalue weighted by Crippen LogP contribution is 2.19. The predicted octanol–water partition coefficient (Wildman–Crippen LogP) is 3.85. The number of hydrogen-bond acceptors (Lipinski definition) is 4. The molecule has 8 nitrogen and oxygen atoms in total. The van der Waals surface area contributed by atoms with Gasteiger partial charge in [0.15, 0.2) is 11.8 Å². The second-order valence-electron chi connectivity index (χ2n) is 7.77. The van der Waals surface area contributed by atoms with Crippen molar-refractivity contribution in [2.45, 2.75) is 26.4 Å². The monoisotopic (exact) mass is 577 g/mol. The topological polar surface area (TPSA) is 92.2 Å². The van der Waals surface area contributed by atoms with Gasteiger partial charge in [0.1, 0.15) is 17.4 Å². The summed E-state index contributed by atoms with van der Waals surface area (Å²) in [5.74, 6) is 2.91. The number of halogens is 2. The summed E-state index contributed by atoms with van der Waals surface area (Å²) in [5, 5.41) is 15.9. The van der Waals surface area contributed by atoms with Crippen LogP contribution in [0.25, 0.3) is 10.9 Å². The van der Waals surface area contributed by atoms with Gasteiger partial charge in [-0.25, -0.2) is 9.38 Å². The Morgan fingerprint density at radius 3 is 2.65 bits per heavy atom. The van der Waals surface area contributed by atoms with Crippen molar-refractivity contribution in [1.82, 2.24) is 30.4 Å². The van der Waals surface area contributed by atoms with Gasteiger partial charge in [0.25, 0.3) is 0 Å². The van der Waals surface area contributed by atoms with Gasteiger partial charge in [-0.3, -0.25) is 0 Å². The van der Waals surface area contributed by atoms with Crippen LogP contribution in [0.15, 0.2) is 53.7 Å². The number of hydrogen-bond donors (Lipinski definition) is 3. The summed E-state index contributed by atoms with van der Waals surface area (Å²) < 4.78 is 20.8. The molecule has 3 N–H and O–H groups in total. The lowest BCUT2D eigenvalue weighted by Crippen LogP contribution is -2.38. The Morgan fingerprint density at radius 1 is 1.15 bits per heavy atom. The molecule has 0 aliphatic heterocycles. The molecule has 2 heterocycles. The lowest BCUT2D eigenvalue weighted by atomic mass is 10.1. The van der Waals surface area contributed by atoms with Crippen molar-refractivity contribution in [2.24, 2.45) is 12.0 Å². The van der Waals surface area contributed by atoms with Crippen LogP contribution in [0.5, 0.6) is 5.75 Å². The van der Waals surface area contributed by atoms with E-state index < -0.39 is 0 Å². The Balaban J connectivity index is 0.00000324. The normalized spacial score (nSPS) is 11.4. The Hall–Kier alpha value is -3.15. The van der Waals surface area contributed by atoms with Crippen molar-refractivity contribution in [3.05, 3.63) is 77.3 Å². The van der Waals surface area contributed by atoms with Crippen LogP contribution in [0, 0.1) is 12.7 Å². The van der Waals surface area contributed by atoms with Crippen LogP contribution < -0.4 is 15.4 Å². The van der Waals surface area contributed by atoms with Gasteiger partial charge in [0.05, 0.1) is 20.2 Å². The summed E-state index contributed by atoms with van der Waals surface area (Å²) in [4.78, 5) is 7.92. The molecule has 2 aromatic heterocycles. The number of nitrogens with one attached hydrogen (secondary N) is 3. The van der Waals surface area contributed by atoms with E-state index in [0.717, 1.165) is 45.8 Å². The average molecular weight is 577 g/mol. The molecule has 0 aliphatic rings. The molecule has 0 unspecified atom stereocenters. The zero-order valence-electron chi connectivity index (χ0n) is 19.4. The van der Waals surface area contributed by atoms with Crippen LogP contribution in [0.2, 0.25) is 0 Å².